The number of carbonyl (C=O) groups excluding carboxylic acids is 3. The number of benzene rings is 1. The number of phenols is 1. The maximum Gasteiger partial charge on any atom is 0.255 e. The molecule has 1 amide bonds. The van der Waals surface area contributed by atoms with E-state index in [1.54, 1.807) is 12.1 Å². The molecule has 0 radical (unpaired) electrons. The first-order chi connectivity index (χ1) is 17.0. The van der Waals surface area contributed by atoms with E-state index in [9.17, 15) is 34.8 Å². The number of aromatic hydroxyl groups is 1. The molecule has 4 aliphatic rings. The van der Waals surface area contributed by atoms with Gasteiger partial charge in [-0.3, -0.25) is 14.4 Å². The molecule has 1 heterocycles. The molecule has 1 aliphatic heterocycles. The average Bonchev–Trinajstić information content (AvgIpc) is 2.81. The van der Waals surface area contributed by atoms with E-state index in [2.05, 4.69) is 11.9 Å². The molecule has 10 nitrogen and oxygen atoms in total. The van der Waals surface area contributed by atoms with E-state index in [1.165, 1.54) is 0 Å². The van der Waals surface area contributed by atoms with Gasteiger partial charge >= 0.3 is 0 Å². The van der Waals surface area contributed by atoms with Crippen LogP contribution in [0.4, 0.5) is 5.69 Å². The van der Waals surface area contributed by atoms with E-state index in [4.69, 9.17) is 5.73 Å². The summed E-state index contributed by atoms with van der Waals surface area (Å²) in [5.41, 5.74) is 2.94. The number of aliphatic hydroxyl groups is 3. The van der Waals surface area contributed by atoms with Crippen LogP contribution in [0.3, 0.4) is 0 Å². The first-order valence-electron chi connectivity index (χ1n) is 12.2. The molecule has 10 heteroatoms. The van der Waals surface area contributed by atoms with Gasteiger partial charge in [0, 0.05) is 31.0 Å². The Morgan fingerprint density at radius 2 is 1.81 bits per heavy atom. The van der Waals surface area contributed by atoms with Crippen LogP contribution in [0.1, 0.15) is 41.6 Å². The number of likely N-dealkylation sites (tertiary alicyclic amines) is 1. The maximum atomic E-state index is 13.7. The number of piperidine rings is 1. The molecule has 3 atom stereocenters. The van der Waals surface area contributed by atoms with Gasteiger partial charge in [-0.05, 0) is 63.4 Å². The van der Waals surface area contributed by atoms with Gasteiger partial charge in [0.2, 0.25) is 5.78 Å². The van der Waals surface area contributed by atoms with Crippen molar-refractivity contribution in [2.24, 2.45) is 17.6 Å². The number of hydrogen-bond donors (Lipinski definition) is 5. The lowest BCUT2D eigenvalue weighted by molar-refractivity contribution is -0.144. The van der Waals surface area contributed by atoms with Crippen molar-refractivity contribution < 1.29 is 34.8 Å². The number of aliphatic hydroxyl groups excluding tert-OH is 2. The highest BCUT2D eigenvalue weighted by Crippen LogP contribution is 2.52. The Morgan fingerprint density at radius 1 is 1.14 bits per heavy atom. The molecule has 5 rings (SSSR count). The third-order valence-electron chi connectivity index (χ3n) is 8.53. The second-order valence-corrected chi connectivity index (χ2v) is 10.5. The number of anilines is 1. The summed E-state index contributed by atoms with van der Waals surface area (Å²) in [6.45, 7) is 1.85. The number of primary amides is 1. The van der Waals surface area contributed by atoms with Gasteiger partial charge in [0.1, 0.15) is 22.8 Å². The average molecular weight is 498 g/mol. The van der Waals surface area contributed by atoms with Crippen molar-refractivity contribution in [3.63, 3.8) is 0 Å². The van der Waals surface area contributed by atoms with Crippen molar-refractivity contribution in [1.29, 1.82) is 0 Å². The van der Waals surface area contributed by atoms with E-state index in [0.29, 0.717) is 17.7 Å². The molecule has 0 unspecified atom stereocenters. The lowest BCUT2D eigenvalue weighted by atomic mass is 9.60. The second kappa shape index (κ2) is 8.35. The van der Waals surface area contributed by atoms with Gasteiger partial charge < -0.3 is 36.0 Å². The summed E-state index contributed by atoms with van der Waals surface area (Å²) < 4.78 is 0. The van der Waals surface area contributed by atoms with Gasteiger partial charge in [-0.2, -0.15) is 0 Å². The minimum atomic E-state index is -2.55. The fourth-order valence-electron chi connectivity index (χ4n) is 6.45. The molecule has 0 saturated carbocycles. The standard InChI is InChI=1S/C26H31N3O7/c1-28-7-5-15(6-8-28)29(2)16-4-3-12-9-13-10-14-11-17(30)20(25(27)35)24(34)26(14,36)23(33)19(13)22(32)18(12)21(16)31/h3-4,13-15,30-31,33,36H,5-11H2,1-2H3,(H2,27,35)/t13-,14-,26-/m0/s1. The summed E-state index contributed by atoms with van der Waals surface area (Å²) in [6.07, 6.45) is 2.01. The Labute approximate surface area is 208 Å². The largest absolute Gasteiger partial charge is 0.511 e. The lowest BCUT2D eigenvalue weighted by Crippen LogP contribution is -2.57. The van der Waals surface area contributed by atoms with Gasteiger partial charge in [0.15, 0.2) is 11.4 Å². The van der Waals surface area contributed by atoms with Gasteiger partial charge in [-0.25, -0.2) is 0 Å². The van der Waals surface area contributed by atoms with Crippen LogP contribution in [0.15, 0.2) is 34.8 Å². The number of fused-ring (bicyclic) bond motifs is 3. The minimum absolute atomic E-state index is 0.0453. The molecule has 3 aliphatic carbocycles. The number of allylic oxidation sites excluding steroid dienone is 2. The third-order valence-corrected chi connectivity index (χ3v) is 8.53. The summed E-state index contributed by atoms with van der Waals surface area (Å²) in [7, 11) is 3.94. The number of Topliss-reactive ketones (excluding diaryl/α,β-unsaturated/α-hetero) is 2. The third kappa shape index (κ3) is 3.35. The number of nitrogens with two attached hydrogens (primary N) is 1. The van der Waals surface area contributed by atoms with Crippen molar-refractivity contribution in [3.05, 3.63) is 45.9 Å². The number of rotatable bonds is 3. The van der Waals surface area contributed by atoms with Crippen LogP contribution in [0.5, 0.6) is 5.75 Å². The van der Waals surface area contributed by atoms with E-state index in [-0.39, 0.29) is 35.8 Å². The summed E-state index contributed by atoms with van der Waals surface area (Å²) in [5.74, 6) is -6.10. The van der Waals surface area contributed by atoms with Crippen LogP contribution in [0, 0.1) is 11.8 Å². The quantitative estimate of drug-likeness (QED) is 0.385. The number of phenolic OH excluding ortho intramolecular Hbond substituents is 1. The highest BCUT2D eigenvalue weighted by atomic mass is 16.3. The maximum absolute atomic E-state index is 13.7. The fourth-order valence-corrected chi connectivity index (χ4v) is 6.45. The molecule has 192 valence electrons. The smallest absolute Gasteiger partial charge is 0.255 e. The van der Waals surface area contributed by atoms with Crippen molar-refractivity contribution in [1.82, 2.24) is 4.90 Å². The number of ketones is 2. The summed E-state index contributed by atoms with van der Waals surface area (Å²) in [4.78, 5) is 42.7. The molecule has 36 heavy (non-hydrogen) atoms. The molecular formula is C26H31N3O7. The highest BCUT2D eigenvalue weighted by molar-refractivity contribution is 6.24. The normalized spacial score (nSPS) is 29.1. The molecule has 0 spiro atoms. The Balaban J connectivity index is 1.56. The van der Waals surface area contributed by atoms with Gasteiger partial charge in [0.25, 0.3) is 5.91 Å². The number of amides is 1. The molecular weight excluding hydrogens is 466 g/mol. The van der Waals surface area contributed by atoms with Crippen molar-refractivity contribution in [2.45, 2.75) is 43.7 Å². The Kier molecular flexibility index (Phi) is 5.64. The minimum Gasteiger partial charge on any atom is -0.511 e. The molecule has 1 aromatic rings. The monoisotopic (exact) mass is 497 g/mol. The molecule has 0 aromatic heterocycles. The zero-order valence-electron chi connectivity index (χ0n) is 20.3. The fraction of sp³-hybridized carbons (Fsp3) is 0.500. The van der Waals surface area contributed by atoms with Gasteiger partial charge in [-0.15, -0.1) is 0 Å². The Hall–Kier alpha value is -3.37. The first kappa shape index (κ1) is 24.3. The SMILES string of the molecule is CN1CCC(N(C)c2ccc3c(c2O)C(=O)C2=C(O)[C@]4(O)C(=O)C(C(N)=O)=C(O)C[C@@H]4C[C@@H]2C3)CC1. The van der Waals surface area contributed by atoms with Crippen molar-refractivity contribution in [2.75, 3.05) is 32.1 Å². The predicted molar refractivity (Wildman–Crippen MR) is 130 cm³/mol. The first-order valence-corrected chi connectivity index (χ1v) is 12.2. The summed E-state index contributed by atoms with van der Waals surface area (Å²) in [5, 5.41) is 43.9. The molecule has 1 fully saturated rings. The van der Waals surface area contributed by atoms with E-state index < -0.39 is 52.0 Å². The number of nitrogens with zero attached hydrogens (tertiary/aromatic N) is 2. The molecule has 1 aromatic carbocycles. The lowest BCUT2D eigenvalue weighted by Gasteiger charge is -2.45. The van der Waals surface area contributed by atoms with E-state index in [1.807, 2.05) is 11.9 Å². The number of hydrogen-bond acceptors (Lipinski definition) is 9. The summed E-state index contributed by atoms with van der Waals surface area (Å²) in [6, 6.07) is 3.79. The van der Waals surface area contributed by atoms with Crippen molar-refractivity contribution >= 4 is 23.2 Å². The Morgan fingerprint density at radius 3 is 2.44 bits per heavy atom. The van der Waals surface area contributed by atoms with Crippen molar-refractivity contribution in [3.8, 4) is 5.75 Å². The molecule has 1 saturated heterocycles. The van der Waals surface area contributed by atoms with E-state index >= 15 is 0 Å². The number of carbonyl (C=O) groups is 3. The van der Waals surface area contributed by atoms with Crippen LogP contribution in [-0.2, 0) is 16.0 Å². The van der Waals surface area contributed by atoms with E-state index in [0.717, 1.165) is 25.9 Å². The molecule has 0 bridgehead atoms. The van der Waals surface area contributed by atoms with Crippen LogP contribution in [-0.4, -0.2) is 81.6 Å². The van der Waals surface area contributed by atoms with Crippen LogP contribution >= 0.6 is 0 Å². The zero-order chi connectivity index (χ0) is 26.1. The second-order valence-electron chi connectivity index (χ2n) is 10.5. The molecule has 6 N–H and O–H groups in total. The predicted octanol–water partition coefficient (Wildman–Crippen LogP) is 1.11. The Bertz CT molecular complexity index is 1240. The topological polar surface area (TPSA) is 165 Å². The van der Waals surface area contributed by atoms with Crippen LogP contribution in [0.25, 0.3) is 0 Å². The van der Waals surface area contributed by atoms with Crippen LogP contribution in [0.2, 0.25) is 0 Å². The summed E-state index contributed by atoms with van der Waals surface area (Å²) >= 11 is 0. The van der Waals surface area contributed by atoms with Gasteiger partial charge in [-0.1, -0.05) is 6.07 Å². The highest BCUT2D eigenvalue weighted by Gasteiger charge is 2.59. The van der Waals surface area contributed by atoms with Gasteiger partial charge in [0.05, 0.1) is 11.3 Å². The zero-order valence-corrected chi connectivity index (χ0v) is 20.3. The van der Waals surface area contributed by atoms with Crippen LogP contribution < -0.4 is 10.6 Å².